The monoisotopic (exact) mass is 444 g/mol. The molecule has 4 rings (SSSR count). The third kappa shape index (κ3) is 5.54. The highest BCUT2D eigenvalue weighted by Gasteiger charge is 2.07. The van der Waals surface area contributed by atoms with Gasteiger partial charge in [0.05, 0.1) is 0 Å². The number of benzene rings is 4. The van der Waals surface area contributed by atoms with Gasteiger partial charge in [-0.3, -0.25) is 0 Å². The van der Waals surface area contributed by atoms with Gasteiger partial charge in [0.25, 0.3) is 0 Å². The van der Waals surface area contributed by atoms with E-state index in [-0.39, 0.29) is 0 Å². The Morgan fingerprint density at radius 3 is 1.32 bits per heavy atom. The first kappa shape index (κ1) is 22.9. The summed E-state index contributed by atoms with van der Waals surface area (Å²) in [7, 11) is 0. The first-order valence-electron chi connectivity index (χ1n) is 11.4. The summed E-state index contributed by atoms with van der Waals surface area (Å²) in [6.45, 7) is 8.30. The SMILES string of the molecule is C=C(c1ccc(Oc2ccccc2C=CC)cc1)c1ccc(Oc2ccccc2C=CC)cc1. The minimum atomic E-state index is 0.789. The molecule has 0 spiro atoms. The number of hydrogen-bond acceptors (Lipinski definition) is 2. The van der Waals surface area contributed by atoms with E-state index in [2.05, 4.69) is 6.58 Å². The van der Waals surface area contributed by atoms with Crippen LogP contribution in [0.5, 0.6) is 23.0 Å². The van der Waals surface area contributed by atoms with E-state index in [1.54, 1.807) is 0 Å². The Morgan fingerprint density at radius 1 is 0.559 bits per heavy atom. The largest absolute Gasteiger partial charge is 0.457 e. The van der Waals surface area contributed by atoms with Gasteiger partial charge in [0.2, 0.25) is 0 Å². The van der Waals surface area contributed by atoms with Crippen LogP contribution in [-0.4, -0.2) is 0 Å². The molecular weight excluding hydrogens is 416 g/mol. The second-order valence-corrected chi connectivity index (χ2v) is 7.81. The lowest BCUT2D eigenvalue weighted by molar-refractivity contribution is 0.481. The van der Waals surface area contributed by atoms with E-state index < -0.39 is 0 Å². The van der Waals surface area contributed by atoms with Crippen LogP contribution in [-0.2, 0) is 0 Å². The highest BCUT2D eigenvalue weighted by molar-refractivity contribution is 5.78. The van der Waals surface area contributed by atoms with E-state index in [0.717, 1.165) is 50.8 Å². The molecule has 0 heterocycles. The fourth-order valence-corrected chi connectivity index (χ4v) is 3.65. The van der Waals surface area contributed by atoms with Crippen molar-refractivity contribution in [3.8, 4) is 23.0 Å². The molecule has 4 aromatic rings. The molecule has 0 unspecified atom stereocenters. The maximum absolute atomic E-state index is 6.10. The average molecular weight is 445 g/mol. The molecule has 0 saturated heterocycles. The maximum Gasteiger partial charge on any atom is 0.134 e. The van der Waals surface area contributed by atoms with Gasteiger partial charge in [0, 0.05) is 11.1 Å². The Labute approximate surface area is 202 Å². The van der Waals surface area contributed by atoms with Gasteiger partial charge in [-0.25, -0.2) is 0 Å². The third-order valence-corrected chi connectivity index (χ3v) is 5.39. The minimum absolute atomic E-state index is 0.789. The highest BCUT2D eigenvalue weighted by atomic mass is 16.5. The number of allylic oxidation sites excluding steroid dienone is 2. The molecule has 0 bridgehead atoms. The quantitative estimate of drug-likeness (QED) is 0.269. The summed E-state index contributed by atoms with van der Waals surface area (Å²) in [5.41, 5.74) is 5.13. The lowest BCUT2D eigenvalue weighted by atomic mass is 9.99. The molecule has 2 nitrogen and oxygen atoms in total. The summed E-state index contributed by atoms with van der Waals surface area (Å²) in [5, 5.41) is 0. The molecule has 0 fully saturated rings. The molecule has 2 heteroatoms. The van der Waals surface area contributed by atoms with Crippen molar-refractivity contribution in [2.75, 3.05) is 0 Å². The van der Waals surface area contributed by atoms with Crippen LogP contribution in [0.25, 0.3) is 17.7 Å². The lowest BCUT2D eigenvalue weighted by Crippen LogP contribution is -1.91. The number of hydrogen-bond donors (Lipinski definition) is 0. The van der Waals surface area contributed by atoms with Crippen LogP contribution >= 0.6 is 0 Å². The summed E-state index contributed by atoms with van der Waals surface area (Å²) in [4.78, 5) is 0. The van der Waals surface area contributed by atoms with Gasteiger partial charge < -0.3 is 9.47 Å². The molecule has 0 atom stereocenters. The summed E-state index contributed by atoms with van der Waals surface area (Å²) in [5.74, 6) is 3.24. The van der Waals surface area contributed by atoms with Gasteiger partial charge in [0.15, 0.2) is 0 Å². The summed E-state index contributed by atoms with van der Waals surface area (Å²) in [6, 6.07) is 32.0. The van der Waals surface area contributed by atoms with Crippen LogP contribution in [0.3, 0.4) is 0 Å². The predicted molar refractivity (Wildman–Crippen MR) is 143 cm³/mol. The molecule has 0 aromatic heterocycles. The standard InChI is InChI=1S/C32H28O2/c1-4-10-27-12-6-8-14-31(27)33-29-20-16-25(17-21-29)24(3)26-18-22-30(23-19-26)34-32-15-9-7-13-28(32)11-5-2/h4-23H,3H2,1-2H3. The van der Waals surface area contributed by atoms with Crippen LogP contribution in [0.15, 0.2) is 116 Å². The lowest BCUT2D eigenvalue weighted by Gasteiger charge is -2.12. The first-order chi connectivity index (χ1) is 16.7. The van der Waals surface area contributed by atoms with Gasteiger partial charge in [-0.2, -0.15) is 0 Å². The zero-order chi connectivity index (χ0) is 23.8. The van der Waals surface area contributed by atoms with Crippen molar-refractivity contribution in [3.05, 3.63) is 138 Å². The second kappa shape index (κ2) is 11.0. The smallest absolute Gasteiger partial charge is 0.134 e. The Balaban J connectivity index is 1.45. The predicted octanol–water partition coefficient (Wildman–Crippen LogP) is 9.40. The molecule has 0 aliphatic carbocycles. The molecule has 0 N–H and O–H groups in total. The maximum atomic E-state index is 6.10. The number of ether oxygens (including phenoxy) is 2. The molecule has 0 radical (unpaired) electrons. The number of para-hydroxylation sites is 2. The van der Waals surface area contributed by atoms with Crippen LogP contribution in [0, 0.1) is 0 Å². The summed E-state index contributed by atoms with van der Waals surface area (Å²) < 4.78 is 12.2. The zero-order valence-corrected chi connectivity index (χ0v) is 19.6. The van der Waals surface area contributed by atoms with E-state index in [1.165, 1.54) is 0 Å². The molecule has 168 valence electrons. The van der Waals surface area contributed by atoms with Gasteiger partial charge in [-0.1, -0.05) is 91.5 Å². The number of rotatable bonds is 8. The van der Waals surface area contributed by atoms with Gasteiger partial charge in [0.1, 0.15) is 23.0 Å². The van der Waals surface area contributed by atoms with E-state index in [4.69, 9.17) is 9.47 Å². The zero-order valence-electron chi connectivity index (χ0n) is 19.6. The summed E-state index contributed by atoms with van der Waals surface area (Å²) in [6.07, 6.45) is 8.09. The Bertz CT molecular complexity index is 1210. The highest BCUT2D eigenvalue weighted by Crippen LogP contribution is 2.31. The average Bonchev–Trinajstić information content (AvgIpc) is 2.87. The third-order valence-electron chi connectivity index (χ3n) is 5.39. The topological polar surface area (TPSA) is 18.5 Å². The van der Waals surface area contributed by atoms with Crippen molar-refractivity contribution in [2.45, 2.75) is 13.8 Å². The van der Waals surface area contributed by atoms with Crippen molar-refractivity contribution in [2.24, 2.45) is 0 Å². The first-order valence-corrected chi connectivity index (χ1v) is 11.4. The minimum Gasteiger partial charge on any atom is -0.457 e. The van der Waals surface area contributed by atoms with Crippen molar-refractivity contribution < 1.29 is 9.47 Å². The Hall–Kier alpha value is -4.30. The molecule has 0 aliphatic rings. The van der Waals surface area contributed by atoms with Crippen LogP contribution in [0.4, 0.5) is 0 Å². The van der Waals surface area contributed by atoms with Crippen LogP contribution in [0.1, 0.15) is 36.1 Å². The molecular formula is C32H28O2. The van der Waals surface area contributed by atoms with Crippen molar-refractivity contribution in [1.29, 1.82) is 0 Å². The molecule has 34 heavy (non-hydrogen) atoms. The van der Waals surface area contributed by atoms with Gasteiger partial charge in [-0.05, 0) is 66.9 Å². The van der Waals surface area contributed by atoms with Crippen molar-refractivity contribution in [3.63, 3.8) is 0 Å². The van der Waals surface area contributed by atoms with Crippen molar-refractivity contribution in [1.82, 2.24) is 0 Å². The second-order valence-electron chi connectivity index (χ2n) is 7.81. The molecule has 4 aromatic carbocycles. The summed E-state index contributed by atoms with van der Waals surface area (Å²) >= 11 is 0. The normalized spacial score (nSPS) is 11.1. The fraction of sp³-hybridized carbons (Fsp3) is 0.0625. The molecule has 0 saturated carbocycles. The molecule has 0 amide bonds. The van der Waals surface area contributed by atoms with E-state index in [9.17, 15) is 0 Å². The van der Waals surface area contributed by atoms with Crippen molar-refractivity contribution >= 4 is 17.7 Å². The fourth-order valence-electron chi connectivity index (χ4n) is 3.65. The van der Waals surface area contributed by atoms with Crippen LogP contribution < -0.4 is 9.47 Å². The molecule has 0 aliphatic heterocycles. The van der Waals surface area contributed by atoms with Gasteiger partial charge in [-0.15, -0.1) is 0 Å². The van der Waals surface area contributed by atoms with E-state index in [1.807, 2.05) is 135 Å². The Morgan fingerprint density at radius 2 is 0.941 bits per heavy atom. The van der Waals surface area contributed by atoms with E-state index >= 15 is 0 Å². The van der Waals surface area contributed by atoms with E-state index in [0.29, 0.717) is 0 Å². The Kier molecular flexibility index (Phi) is 7.42. The van der Waals surface area contributed by atoms with Gasteiger partial charge >= 0.3 is 0 Å². The van der Waals surface area contributed by atoms with Crippen LogP contribution in [0.2, 0.25) is 0 Å².